The Morgan fingerprint density at radius 3 is 2.00 bits per heavy atom. The molecule has 0 heterocycles. The smallest absolute Gasteiger partial charge is 0.0357 e. The zero-order chi connectivity index (χ0) is 5.86. The van der Waals surface area contributed by atoms with Crippen LogP contribution in [0, 0.1) is 0 Å². The molecule has 0 rings (SSSR count). The zero-order valence-electron chi connectivity index (χ0n) is 3.87. The topological polar surface area (TPSA) is 0 Å². The number of hydrogen-bond acceptors (Lipinski definition) is 0. The van der Waals surface area contributed by atoms with Crippen LogP contribution in [0.15, 0.2) is 0 Å². The Kier molecular flexibility index (Phi) is 5.98. The molecule has 0 saturated heterocycles. The second-order valence-corrected chi connectivity index (χ2v) is 11.8. The van der Waals surface area contributed by atoms with Crippen LogP contribution in [0.3, 0.4) is 0 Å². The van der Waals surface area contributed by atoms with E-state index in [9.17, 15) is 0 Å². The Hall–Kier alpha value is 1.87. The van der Waals surface area contributed by atoms with Crippen LogP contribution in [0.2, 0.25) is 0 Å². The number of alkyl halides is 1. The summed E-state index contributed by atoms with van der Waals surface area (Å²) in [7, 11) is 0. The maximum absolute atomic E-state index is 3.43. The van der Waals surface area contributed by atoms with Crippen molar-refractivity contribution in [3.8, 4) is 0 Å². The Morgan fingerprint density at radius 2 is 2.00 bits per heavy atom. The fourth-order valence-electron chi connectivity index (χ4n) is 0.190. The van der Waals surface area contributed by atoms with Crippen molar-refractivity contribution in [3.63, 3.8) is 0 Å². The fraction of sp³-hybridized carbons (Fsp3) is 1.00. The van der Waals surface area contributed by atoms with Gasteiger partial charge in [-0.3, -0.25) is 0 Å². The van der Waals surface area contributed by atoms with Gasteiger partial charge >= 0.3 is 0 Å². The van der Waals surface area contributed by atoms with Gasteiger partial charge in [-0.2, -0.15) is 0 Å². The van der Waals surface area contributed by atoms with E-state index in [0.29, 0.717) is 4.83 Å². The van der Waals surface area contributed by atoms with E-state index in [4.69, 9.17) is 0 Å². The maximum Gasteiger partial charge on any atom is 0.0357 e. The first kappa shape index (κ1) is 8.87. The summed E-state index contributed by atoms with van der Waals surface area (Å²) in [5, 5.41) is -0.0618. The van der Waals surface area contributed by atoms with Gasteiger partial charge in [0.2, 0.25) is 0 Å². The molecule has 0 fully saturated rings. The molecule has 0 N–H and O–H groups in total. The summed E-state index contributed by atoms with van der Waals surface area (Å²) in [6.45, 7) is 2.14. The summed E-state index contributed by atoms with van der Waals surface area (Å²) in [5.41, 5.74) is 0. The molecule has 0 spiro atoms. The molecule has 0 aromatic rings. The minimum absolute atomic E-state index is 0.0618. The highest BCUT2D eigenvalue weighted by molar-refractivity contribution is 9.69. The van der Waals surface area contributed by atoms with E-state index >= 15 is 0 Å². The van der Waals surface area contributed by atoms with E-state index in [1.807, 2.05) is 0 Å². The van der Waals surface area contributed by atoms with Gasteiger partial charge < -0.3 is 0 Å². The van der Waals surface area contributed by atoms with Crippen molar-refractivity contribution in [3.05, 3.63) is 0 Å². The normalized spacial score (nSPS) is 15.0. The van der Waals surface area contributed by atoms with E-state index in [-0.39, 0.29) is 5.33 Å². The molecule has 7 heavy (non-hydrogen) atoms. The van der Waals surface area contributed by atoms with Crippen LogP contribution in [-0.2, 0) is 0 Å². The molecule has 0 aliphatic rings. The lowest BCUT2D eigenvalue weighted by atomic mass is 10.6. The number of rotatable bonds is 2. The van der Waals surface area contributed by atoms with Crippen LogP contribution in [0.25, 0.3) is 0 Å². The summed E-state index contributed by atoms with van der Waals surface area (Å²) in [6.07, 6.45) is 1.18. The number of hydrogen-bond donors (Lipinski definition) is 0. The SMILES string of the molecule is CC(Br)CP(Br)Br. The molecule has 0 aromatic heterocycles. The van der Waals surface area contributed by atoms with Crippen LogP contribution >= 0.6 is 52.2 Å². The van der Waals surface area contributed by atoms with Gasteiger partial charge in [0, 0.05) is 10.2 Å². The minimum Gasteiger partial charge on any atom is -0.0889 e. The Balaban J connectivity index is 2.95. The van der Waals surface area contributed by atoms with Crippen molar-refractivity contribution >= 4 is 52.2 Å². The largest absolute Gasteiger partial charge is 0.0889 e. The zero-order valence-corrected chi connectivity index (χ0v) is 9.52. The molecule has 0 aromatic carbocycles. The lowest BCUT2D eigenvalue weighted by molar-refractivity contribution is 1.16. The van der Waals surface area contributed by atoms with Gasteiger partial charge in [0.1, 0.15) is 0 Å². The van der Waals surface area contributed by atoms with Crippen molar-refractivity contribution in [1.29, 1.82) is 0 Å². The highest BCUT2D eigenvalue weighted by Gasteiger charge is 2.00. The average molecular weight is 313 g/mol. The van der Waals surface area contributed by atoms with Crippen LogP contribution < -0.4 is 0 Å². The lowest BCUT2D eigenvalue weighted by Crippen LogP contribution is -1.89. The van der Waals surface area contributed by atoms with Gasteiger partial charge in [-0.25, -0.2) is 0 Å². The number of halogens is 3. The van der Waals surface area contributed by atoms with E-state index in [1.54, 1.807) is 0 Å². The first-order valence-electron chi connectivity index (χ1n) is 1.86. The first-order valence-corrected chi connectivity index (χ1v) is 8.34. The molecular formula is C3H6Br3P. The van der Waals surface area contributed by atoms with Gasteiger partial charge in [-0.1, -0.05) is 22.9 Å². The van der Waals surface area contributed by atoms with Crippen molar-refractivity contribution in [2.24, 2.45) is 0 Å². The van der Waals surface area contributed by atoms with Gasteiger partial charge in [0.05, 0.1) is 0 Å². The van der Waals surface area contributed by atoms with E-state index in [1.165, 1.54) is 6.16 Å². The lowest BCUT2D eigenvalue weighted by Gasteiger charge is -2.00. The summed E-state index contributed by atoms with van der Waals surface area (Å²) in [4.78, 5) is 0.623. The average Bonchev–Trinajstić information content (AvgIpc) is 1.27. The Morgan fingerprint density at radius 1 is 1.57 bits per heavy atom. The third-order valence-electron chi connectivity index (χ3n) is 0.390. The molecule has 0 bridgehead atoms. The van der Waals surface area contributed by atoms with Crippen molar-refractivity contribution in [2.75, 3.05) is 6.16 Å². The third-order valence-corrected chi connectivity index (χ3v) is 3.77. The molecular weight excluding hydrogens is 307 g/mol. The summed E-state index contributed by atoms with van der Waals surface area (Å²) < 4.78 is 0. The van der Waals surface area contributed by atoms with Crippen LogP contribution in [0.5, 0.6) is 0 Å². The molecule has 4 heteroatoms. The van der Waals surface area contributed by atoms with Gasteiger partial charge in [-0.05, 0) is 37.1 Å². The Labute approximate surface area is 69.8 Å². The quantitative estimate of drug-likeness (QED) is 0.536. The van der Waals surface area contributed by atoms with Crippen molar-refractivity contribution in [1.82, 2.24) is 0 Å². The monoisotopic (exact) mass is 310 g/mol. The predicted octanol–water partition coefficient (Wildman–Crippen LogP) is 3.87. The van der Waals surface area contributed by atoms with Crippen LogP contribution in [0.1, 0.15) is 6.92 Å². The van der Waals surface area contributed by atoms with Gasteiger partial charge in [0.25, 0.3) is 0 Å². The summed E-state index contributed by atoms with van der Waals surface area (Å²) >= 11 is 10.3. The van der Waals surface area contributed by atoms with Crippen molar-refractivity contribution in [2.45, 2.75) is 11.8 Å². The van der Waals surface area contributed by atoms with Crippen LogP contribution in [-0.4, -0.2) is 11.0 Å². The van der Waals surface area contributed by atoms with E-state index in [0.717, 1.165) is 0 Å². The molecule has 0 saturated carbocycles. The standard InChI is InChI=1S/C3H6Br3P/c1-3(4)2-7(5)6/h3H,2H2,1H3. The fourth-order valence-corrected chi connectivity index (χ4v) is 6.38. The summed E-state index contributed by atoms with van der Waals surface area (Å²) in [6, 6.07) is 0. The molecule has 0 aliphatic heterocycles. The Bertz CT molecular complexity index is 39.4. The molecule has 44 valence electrons. The highest BCUT2D eigenvalue weighted by Crippen LogP contribution is 2.52. The maximum atomic E-state index is 3.43. The second-order valence-electron chi connectivity index (χ2n) is 1.27. The van der Waals surface area contributed by atoms with Gasteiger partial charge in [0.15, 0.2) is 0 Å². The second kappa shape index (κ2) is 4.72. The molecule has 0 radical (unpaired) electrons. The molecule has 0 amide bonds. The summed E-state index contributed by atoms with van der Waals surface area (Å²) in [5.74, 6) is 0. The predicted molar refractivity (Wildman–Crippen MR) is 48.0 cm³/mol. The van der Waals surface area contributed by atoms with Gasteiger partial charge in [-0.15, -0.1) is 0 Å². The van der Waals surface area contributed by atoms with E-state index in [2.05, 4.69) is 53.8 Å². The minimum atomic E-state index is -0.0618. The molecule has 1 atom stereocenters. The highest BCUT2D eigenvalue weighted by atomic mass is 79.9. The first-order chi connectivity index (χ1) is 3.13. The van der Waals surface area contributed by atoms with Crippen molar-refractivity contribution < 1.29 is 0 Å². The molecule has 0 aliphatic carbocycles. The van der Waals surface area contributed by atoms with Crippen LogP contribution in [0.4, 0.5) is 0 Å². The molecule has 1 unspecified atom stereocenters. The third kappa shape index (κ3) is 7.87. The molecule has 0 nitrogen and oxygen atoms in total. The van der Waals surface area contributed by atoms with E-state index < -0.39 is 0 Å².